The summed E-state index contributed by atoms with van der Waals surface area (Å²) < 4.78 is 2.42. The van der Waals surface area contributed by atoms with E-state index < -0.39 is 0 Å². The number of hydrogen-bond donors (Lipinski definition) is 0. The number of hydrogen-bond acceptors (Lipinski definition) is 0. The fraction of sp³-hybridized carbons (Fsp3) is 0.167. The maximum absolute atomic E-state index is 2.42. The van der Waals surface area contributed by atoms with Crippen LogP contribution in [0.2, 0.25) is 0 Å². The largest absolute Gasteiger partial charge is 0.310 e. The Bertz CT molecular complexity index is 1080. The molecule has 0 spiro atoms. The van der Waals surface area contributed by atoms with Crippen molar-refractivity contribution in [2.75, 3.05) is 0 Å². The van der Waals surface area contributed by atoms with Crippen LogP contribution >= 0.6 is 0 Å². The summed E-state index contributed by atoms with van der Waals surface area (Å²) in [6.45, 7) is 4.58. The van der Waals surface area contributed by atoms with Crippen molar-refractivity contribution in [1.29, 1.82) is 0 Å². The van der Waals surface area contributed by atoms with Crippen molar-refractivity contribution >= 4 is 17.0 Å². The molecule has 0 saturated heterocycles. The quantitative estimate of drug-likeness (QED) is 0.509. The summed E-state index contributed by atoms with van der Waals surface area (Å²) in [6, 6.07) is 17.6. The van der Waals surface area contributed by atoms with Crippen LogP contribution in [0, 0.1) is 6.92 Å². The van der Waals surface area contributed by atoms with Crippen LogP contribution in [0.3, 0.4) is 0 Å². The van der Waals surface area contributed by atoms with Gasteiger partial charge in [-0.2, -0.15) is 0 Å². The van der Waals surface area contributed by atoms with Gasteiger partial charge in [0.15, 0.2) is 0 Å². The van der Waals surface area contributed by atoms with Gasteiger partial charge in [0.25, 0.3) is 0 Å². The molecule has 0 aliphatic heterocycles. The molecule has 5 rings (SSSR count). The van der Waals surface area contributed by atoms with Crippen LogP contribution in [-0.2, 0) is 5.41 Å². The Hall–Kier alpha value is -2.80. The number of aromatic nitrogens is 1. The van der Waals surface area contributed by atoms with Crippen molar-refractivity contribution in [2.45, 2.75) is 25.7 Å². The number of rotatable bonds is 1. The van der Waals surface area contributed by atoms with Crippen LogP contribution in [0.15, 0.2) is 78.4 Å². The molecule has 1 nitrogen and oxygen atoms in total. The average Bonchev–Trinajstić information content (AvgIpc) is 2.96. The number of benzene rings is 2. The number of fused-ring (bicyclic) bond motifs is 5. The molecule has 1 aromatic heterocycles. The topological polar surface area (TPSA) is 4.93 Å². The lowest BCUT2D eigenvalue weighted by atomic mass is 9.68. The fourth-order valence-electron chi connectivity index (χ4n) is 4.45. The molecular formula is C24H21N. The van der Waals surface area contributed by atoms with Gasteiger partial charge in [-0.1, -0.05) is 61.1 Å². The van der Waals surface area contributed by atoms with Crippen molar-refractivity contribution in [1.82, 2.24) is 4.57 Å². The van der Waals surface area contributed by atoms with Crippen molar-refractivity contribution < 1.29 is 0 Å². The van der Waals surface area contributed by atoms with Crippen LogP contribution in [0.4, 0.5) is 0 Å². The molecule has 25 heavy (non-hydrogen) atoms. The molecule has 1 heterocycles. The van der Waals surface area contributed by atoms with Crippen molar-refractivity contribution in [3.05, 3.63) is 95.2 Å². The Morgan fingerprint density at radius 1 is 1.00 bits per heavy atom. The number of aryl methyl sites for hydroxylation is 1. The standard InChI is InChI=1S/C24H21N/c1-17-11-13-21-20(16-17)23-22(25(21)19-9-4-3-5-10-19)14-12-18-8-6-7-15-24(18,23)2/h3-14,16H,15H2,1-2H3. The molecule has 3 aromatic rings. The van der Waals surface area contributed by atoms with E-state index in [1.165, 1.54) is 39.0 Å². The van der Waals surface area contributed by atoms with Gasteiger partial charge in [0.2, 0.25) is 0 Å². The first-order valence-electron chi connectivity index (χ1n) is 8.95. The average molecular weight is 323 g/mol. The van der Waals surface area contributed by atoms with Gasteiger partial charge in [-0.3, -0.25) is 0 Å². The molecule has 0 bridgehead atoms. The molecule has 0 fully saturated rings. The number of allylic oxidation sites excluding steroid dienone is 5. The first-order valence-corrected chi connectivity index (χ1v) is 8.95. The van der Waals surface area contributed by atoms with Crippen LogP contribution in [-0.4, -0.2) is 4.57 Å². The molecule has 2 aromatic carbocycles. The molecule has 0 radical (unpaired) electrons. The van der Waals surface area contributed by atoms with E-state index in [9.17, 15) is 0 Å². The van der Waals surface area contributed by atoms with Gasteiger partial charge < -0.3 is 4.57 Å². The SMILES string of the molecule is Cc1ccc2c(c1)c1c(n2-c2ccccc2)C=CC2=CC=CCC21C. The molecule has 0 N–H and O–H groups in total. The summed E-state index contributed by atoms with van der Waals surface area (Å²) in [5.41, 5.74) is 8.08. The molecule has 2 aliphatic carbocycles. The van der Waals surface area contributed by atoms with Gasteiger partial charge >= 0.3 is 0 Å². The van der Waals surface area contributed by atoms with E-state index in [1.807, 2.05) is 0 Å². The van der Waals surface area contributed by atoms with E-state index in [4.69, 9.17) is 0 Å². The summed E-state index contributed by atoms with van der Waals surface area (Å²) in [6.07, 6.45) is 12.4. The normalized spacial score (nSPS) is 21.1. The zero-order valence-corrected chi connectivity index (χ0v) is 14.7. The Morgan fingerprint density at radius 3 is 2.68 bits per heavy atom. The minimum absolute atomic E-state index is 0.0465. The minimum atomic E-state index is 0.0465. The molecule has 0 amide bonds. The van der Waals surface area contributed by atoms with E-state index in [0.29, 0.717) is 0 Å². The molecule has 1 unspecified atom stereocenters. The maximum Gasteiger partial charge on any atom is 0.0538 e. The first-order chi connectivity index (χ1) is 12.2. The van der Waals surface area contributed by atoms with Gasteiger partial charge in [-0.15, -0.1) is 0 Å². The smallest absolute Gasteiger partial charge is 0.0538 e. The number of nitrogens with zero attached hydrogens (tertiary/aromatic N) is 1. The zero-order chi connectivity index (χ0) is 17.0. The third-order valence-corrected chi connectivity index (χ3v) is 5.72. The highest BCUT2D eigenvalue weighted by Gasteiger charge is 2.38. The van der Waals surface area contributed by atoms with Gasteiger partial charge in [-0.25, -0.2) is 0 Å². The molecule has 1 atom stereocenters. The fourth-order valence-corrected chi connectivity index (χ4v) is 4.45. The highest BCUT2D eigenvalue weighted by atomic mass is 15.0. The monoisotopic (exact) mass is 323 g/mol. The summed E-state index contributed by atoms with van der Waals surface area (Å²) in [4.78, 5) is 0. The lowest BCUT2D eigenvalue weighted by molar-refractivity contribution is 0.572. The predicted molar refractivity (Wildman–Crippen MR) is 106 cm³/mol. The minimum Gasteiger partial charge on any atom is -0.310 e. The van der Waals surface area contributed by atoms with Gasteiger partial charge in [0.05, 0.1) is 11.2 Å². The summed E-state index contributed by atoms with van der Waals surface area (Å²) in [5, 5.41) is 1.38. The first kappa shape index (κ1) is 14.5. The molecule has 0 saturated carbocycles. The molecule has 122 valence electrons. The summed E-state index contributed by atoms with van der Waals surface area (Å²) in [7, 11) is 0. The van der Waals surface area contributed by atoms with E-state index >= 15 is 0 Å². The second kappa shape index (κ2) is 5.10. The third kappa shape index (κ3) is 1.96. The van der Waals surface area contributed by atoms with E-state index in [1.54, 1.807) is 0 Å². The summed E-state index contributed by atoms with van der Waals surface area (Å²) >= 11 is 0. The summed E-state index contributed by atoms with van der Waals surface area (Å²) in [5.74, 6) is 0. The van der Waals surface area contributed by atoms with Gasteiger partial charge in [0, 0.05) is 16.5 Å². The second-order valence-corrected chi connectivity index (χ2v) is 7.37. The maximum atomic E-state index is 2.42. The lowest BCUT2D eigenvalue weighted by Crippen LogP contribution is -2.27. The van der Waals surface area contributed by atoms with Crippen LogP contribution < -0.4 is 0 Å². The van der Waals surface area contributed by atoms with E-state index in [-0.39, 0.29) is 5.41 Å². The van der Waals surface area contributed by atoms with Crippen molar-refractivity contribution in [3.8, 4) is 5.69 Å². The van der Waals surface area contributed by atoms with Gasteiger partial charge in [0.1, 0.15) is 0 Å². The van der Waals surface area contributed by atoms with Crippen molar-refractivity contribution in [3.63, 3.8) is 0 Å². The van der Waals surface area contributed by atoms with Crippen molar-refractivity contribution in [2.24, 2.45) is 0 Å². The Labute approximate surface area is 148 Å². The highest BCUT2D eigenvalue weighted by Crippen LogP contribution is 2.48. The highest BCUT2D eigenvalue weighted by molar-refractivity contribution is 5.94. The van der Waals surface area contributed by atoms with E-state index in [0.717, 1.165) is 6.42 Å². The van der Waals surface area contributed by atoms with Crippen LogP contribution in [0.1, 0.15) is 30.2 Å². The Morgan fingerprint density at radius 2 is 1.84 bits per heavy atom. The zero-order valence-electron chi connectivity index (χ0n) is 14.7. The molecular weight excluding hydrogens is 302 g/mol. The van der Waals surface area contributed by atoms with Gasteiger partial charge in [-0.05, 0) is 54.8 Å². The van der Waals surface area contributed by atoms with Crippen LogP contribution in [0.25, 0.3) is 22.7 Å². The Balaban J connectivity index is 1.93. The molecule has 2 aliphatic rings. The number of para-hydroxylation sites is 1. The lowest BCUT2D eigenvalue weighted by Gasteiger charge is -2.35. The Kier molecular flexibility index (Phi) is 2.96. The molecule has 1 heteroatoms. The van der Waals surface area contributed by atoms with E-state index in [2.05, 4.69) is 97.3 Å². The predicted octanol–water partition coefficient (Wildman–Crippen LogP) is 6.11. The third-order valence-electron chi connectivity index (χ3n) is 5.72. The van der Waals surface area contributed by atoms with Crippen LogP contribution in [0.5, 0.6) is 0 Å². The second-order valence-electron chi connectivity index (χ2n) is 7.37.